The average Bonchev–Trinajstić information content (AvgIpc) is 2.94. The lowest BCUT2D eigenvalue weighted by Crippen LogP contribution is -2.05. The summed E-state index contributed by atoms with van der Waals surface area (Å²) in [5.74, 6) is -1.85. The zero-order chi connectivity index (χ0) is 20.4. The van der Waals surface area contributed by atoms with Crippen LogP contribution in [0.5, 0.6) is 5.75 Å². The molecule has 3 rings (SSSR count). The second-order valence-electron chi connectivity index (χ2n) is 6.07. The molecule has 0 spiro atoms. The molecule has 1 aromatic heterocycles. The molecule has 0 saturated heterocycles. The van der Waals surface area contributed by atoms with E-state index in [4.69, 9.17) is 21.6 Å². The van der Waals surface area contributed by atoms with Crippen molar-refractivity contribution < 1.29 is 19.0 Å². The summed E-state index contributed by atoms with van der Waals surface area (Å²) in [5, 5.41) is 23.0. The van der Waals surface area contributed by atoms with Crippen molar-refractivity contribution in [3.63, 3.8) is 0 Å². The predicted molar refractivity (Wildman–Crippen MR) is 100 cm³/mol. The highest BCUT2D eigenvalue weighted by Gasteiger charge is 2.17. The van der Waals surface area contributed by atoms with E-state index in [-0.39, 0.29) is 17.9 Å². The Bertz CT molecular complexity index is 1120. The lowest BCUT2D eigenvalue weighted by molar-refractivity contribution is 0.0691. The Morgan fingerprint density at radius 3 is 2.71 bits per heavy atom. The summed E-state index contributed by atoms with van der Waals surface area (Å²) in [7, 11) is 0. The monoisotopic (exact) mass is 399 g/mol. The molecule has 0 saturated carbocycles. The molecule has 0 aliphatic heterocycles. The maximum atomic E-state index is 13.3. The van der Waals surface area contributed by atoms with Gasteiger partial charge in [0.1, 0.15) is 29.8 Å². The van der Waals surface area contributed by atoms with Crippen LogP contribution >= 0.6 is 11.6 Å². The smallest absolute Gasteiger partial charge is 0.339 e. The van der Waals surface area contributed by atoms with E-state index in [0.29, 0.717) is 22.0 Å². The van der Waals surface area contributed by atoms with E-state index in [1.54, 1.807) is 29.8 Å². The number of aromatic nitrogens is 2. The fourth-order valence-electron chi connectivity index (χ4n) is 2.81. The Hall–Kier alpha value is -3.37. The summed E-state index contributed by atoms with van der Waals surface area (Å²) in [4.78, 5) is 11.3. The first-order chi connectivity index (χ1) is 13.3. The van der Waals surface area contributed by atoms with E-state index in [1.807, 2.05) is 13.0 Å². The third-order valence-corrected chi connectivity index (χ3v) is 4.62. The van der Waals surface area contributed by atoms with Gasteiger partial charge in [0.15, 0.2) is 0 Å². The highest BCUT2D eigenvalue weighted by Crippen LogP contribution is 2.25. The number of ether oxygens (including phenoxy) is 1. The number of benzene rings is 2. The van der Waals surface area contributed by atoms with Gasteiger partial charge in [-0.05, 0) is 50.2 Å². The van der Waals surface area contributed by atoms with Gasteiger partial charge in [-0.3, -0.25) is 0 Å². The predicted octanol–water partition coefficient (Wildman–Crippen LogP) is 4.43. The Morgan fingerprint density at radius 1 is 1.32 bits per heavy atom. The average molecular weight is 400 g/mol. The molecule has 0 atom stereocenters. The number of carboxylic acids is 1. The molecule has 8 heteroatoms. The number of hydrogen-bond donors (Lipinski definition) is 1. The second-order valence-corrected chi connectivity index (χ2v) is 6.48. The fourth-order valence-corrected chi connectivity index (χ4v) is 3.02. The largest absolute Gasteiger partial charge is 0.488 e. The van der Waals surface area contributed by atoms with Gasteiger partial charge in [0.2, 0.25) is 0 Å². The van der Waals surface area contributed by atoms with Gasteiger partial charge in [0, 0.05) is 11.3 Å². The molecule has 1 heterocycles. The van der Waals surface area contributed by atoms with Crippen LogP contribution in [0, 0.1) is 31.0 Å². The third-order valence-electron chi connectivity index (χ3n) is 4.30. The van der Waals surface area contributed by atoms with E-state index < -0.39 is 11.8 Å². The molecule has 0 amide bonds. The summed E-state index contributed by atoms with van der Waals surface area (Å²) < 4.78 is 20.6. The van der Waals surface area contributed by atoms with Crippen LogP contribution in [0.1, 0.15) is 32.9 Å². The maximum Gasteiger partial charge on any atom is 0.339 e. The van der Waals surface area contributed by atoms with E-state index in [0.717, 1.165) is 23.4 Å². The van der Waals surface area contributed by atoms with Gasteiger partial charge < -0.3 is 9.84 Å². The molecule has 0 unspecified atom stereocenters. The number of aromatic carboxylic acids is 1. The Morgan fingerprint density at radius 2 is 2.07 bits per heavy atom. The molecule has 0 aliphatic carbocycles. The molecule has 0 aliphatic rings. The van der Waals surface area contributed by atoms with Crippen molar-refractivity contribution >= 4 is 17.6 Å². The standard InChI is InChI=1S/C20H15ClFN3O3/c1-11-17(10-28-19-6-4-14(22)7-16(19)20(26)27)12(2)25(24-11)15-5-3-13(9-23)18(21)8-15/h3-8H,10H2,1-2H3,(H,26,27). The molecule has 28 heavy (non-hydrogen) atoms. The lowest BCUT2D eigenvalue weighted by Gasteiger charge is -2.10. The van der Waals surface area contributed by atoms with Crippen LogP contribution in [0.15, 0.2) is 36.4 Å². The van der Waals surface area contributed by atoms with Gasteiger partial charge in [-0.15, -0.1) is 0 Å². The molecular weight excluding hydrogens is 385 g/mol. The third kappa shape index (κ3) is 3.68. The highest BCUT2D eigenvalue weighted by molar-refractivity contribution is 6.31. The second kappa shape index (κ2) is 7.71. The first-order valence-electron chi connectivity index (χ1n) is 8.22. The van der Waals surface area contributed by atoms with Crippen molar-refractivity contribution in [2.75, 3.05) is 0 Å². The summed E-state index contributed by atoms with van der Waals surface area (Å²) in [6.45, 7) is 3.71. The van der Waals surface area contributed by atoms with E-state index in [1.165, 1.54) is 6.07 Å². The van der Waals surface area contributed by atoms with Crippen LogP contribution in [-0.2, 0) is 6.61 Å². The number of halogens is 2. The number of rotatable bonds is 5. The molecule has 1 N–H and O–H groups in total. The molecule has 3 aromatic rings. The van der Waals surface area contributed by atoms with Gasteiger partial charge in [0.05, 0.1) is 22.0 Å². The van der Waals surface area contributed by atoms with Crippen LogP contribution in [0.25, 0.3) is 5.69 Å². The molecule has 0 fully saturated rings. The summed E-state index contributed by atoms with van der Waals surface area (Å²) in [6.07, 6.45) is 0. The van der Waals surface area contributed by atoms with Crippen LogP contribution in [0.3, 0.4) is 0 Å². The zero-order valence-corrected chi connectivity index (χ0v) is 15.8. The number of hydrogen-bond acceptors (Lipinski definition) is 4. The number of carboxylic acid groups (broad SMARTS) is 1. The van der Waals surface area contributed by atoms with Crippen molar-refractivity contribution in [1.82, 2.24) is 9.78 Å². The maximum absolute atomic E-state index is 13.3. The summed E-state index contributed by atoms with van der Waals surface area (Å²) >= 11 is 6.10. The Kier molecular flexibility index (Phi) is 5.34. The molecule has 2 aromatic carbocycles. The lowest BCUT2D eigenvalue weighted by atomic mass is 10.2. The van der Waals surface area contributed by atoms with Crippen LogP contribution < -0.4 is 4.74 Å². The van der Waals surface area contributed by atoms with Gasteiger partial charge in [-0.2, -0.15) is 10.4 Å². The first kappa shape index (κ1) is 19.4. The Balaban J connectivity index is 1.91. The highest BCUT2D eigenvalue weighted by atomic mass is 35.5. The SMILES string of the molecule is Cc1nn(-c2ccc(C#N)c(Cl)c2)c(C)c1COc1ccc(F)cc1C(=O)O. The Labute approximate surface area is 165 Å². The van der Waals surface area contributed by atoms with Gasteiger partial charge in [0.25, 0.3) is 0 Å². The molecular formula is C20H15ClFN3O3. The van der Waals surface area contributed by atoms with Crippen molar-refractivity contribution in [3.05, 3.63) is 75.3 Å². The van der Waals surface area contributed by atoms with Gasteiger partial charge in [-0.25, -0.2) is 13.9 Å². The first-order valence-corrected chi connectivity index (χ1v) is 8.60. The van der Waals surface area contributed by atoms with E-state index in [2.05, 4.69) is 5.10 Å². The zero-order valence-electron chi connectivity index (χ0n) is 15.0. The van der Waals surface area contributed by atoms with E-state index in [9.17, 15) is 14.3 Å². The van der Waals surface area contributed by atoms with Crippen LogP contribution in [0.4, 0.5) is 4.39 Å². The number of nitriles is 1. The minimum atomic E-state index is -1.27. The molecule has 142 valence electrons. The van der Waals surface area contributed by atoms with Crippen molar-refractivity contribution in [2.45, 2.75) is 20.5 Å². The molecule has 0 radical (unpaired) electrons. The number of aryl methyl sites for hydroxylation is 1. The van der Waals surface area contributed by atoms with Crippen LogP contribution in [0.2, 0.25) is 5.02 Å². The fraction of sp³-hybridized carbons (Fsp3) is 0.150. The van der Waals surface area contributed by atoms with E-state index >= 15 is 0 Å². The molecule has 0 bridgehead atoms. The normalized spacial score (nSPS) is 10.5. The van der Waals surface area contributed by atoms with Gasteiger partial charge >= 0.3 is 5.97 Å². The minimum absolute atomic E-state index is 0.0631. The topological polar surface area (TPSA) is 88.1 Å². The van der Waals surface area contributed by atoms with Crippen molar-refractivity contribution in [3.8, 4) is 17.5 Å². The van der Waals surface area contributed by atoms with Crippen molar-refractivity contribution in [1.29, 1.82) is 5.26 Å². The number of nitrogens with zero attached hydrogens (tertiary/aromatic N) is 3. The quantitative estimate of drug-likeness (QED) is 0.685. The van der Waals surface area contributed by atoms with Gasteiger partial charge in [-0.1, -0.05) is 11.6 Å². The summed E-state index contributed by atoms with van der Waals surface area (Å²) in [6, 6.07) is 10.3. The van der Waals surface area contributed by atoms with Crippen LogP contribution in [-0.4, -0.2) is 20.9 Å². The summed E-state index contributed by atoms with van der Waals surface area (Å²) in [5.41, 5.74) is 3.04. The minimum Gasteiger partial charge on any atom is -0.488 e. The molecule has 6 nitrogen and oxygen atoms in total. The van der Waals surface area contributed by atoms with Crippen molar-refractivity contribution in [2.24, 2.45) is 0 Å². The number of carbonyl (C=O) groups is 1.